The second kappa shape index (κ2) is 6.71. The Morgan fingerprint density at radius 1 is 1.60 bits per heavy atom. The molecule has 15 heavy (non-hydrogen) atoms. The molecular formula is C11H19N3S. The van der Waals surface area contributed by atoms with E-state index in [0.29, 0.717) is 6.04 Å². The molecule has 0 aliphatic carbocycles. The molecule has 0 amide bonds. The van der Waals surface area contributed by atoms with Gasteiger partial charge in [0.2, 0.25) is 0 Å². The van der Waals surface area contributed by atoms with Gasteiger partial charge in [-0.05, 0) is 13.8 Å². The van der Waals surface area contributed by atoms with E-state index >= 15 is 0 Å². The first kappa shape index (κ1) is 12.4. The second-order valence-corrected chi connectivity index (χ2v) is 4.39. The number of nitrogens with zero attached hydrogens (tertiary/aromatic N) is 1. The van der Waals surface area contributed by atoms with Crippen molar-refractivity contribution in [3.8, 4) is 0 Å². The lowest BCUT2D eigenvalue weighted by Crippen LogP contribution is -2.29. The molecule has 1 aromatic rings. The zero-order valence-corrected chi connectivity index (χ0v) is 10.2. The molecule has 0 aromatic carbocycles. The van der Waals surface area contributed by atoms with Gasteiger partial charge < -0.3 is 10.6 Å². The molecule has 0 saturated carbocycles. The van der Waals surface area contributed by atoms with Gasteiger partial charge in [-0.15, -0.1) is 17.9 Å². The van der Waals surface area contributed by atoms with E-state index in [9.17, 15) is 0 Å². The van der Waals surface area contributed by atoms with E-state index in [-0.39, 0.29) is 0 Å². The first-order valence-corrected chi connectivity index (χ1v) is 6.09. The Hall–Kier alpha value is -0.710. The van der Waals surface area contributed by atoms with Crippen LogP contribution in [0, 0.1) is 6.92 Å². The number of aromatic nitrogens is 1. The maximum Gasteiger partial charge on any atom is 0.110 e. The van der Waals surface area contributed by atoms with Crippen LogP contribution in [0.15, 0.2) is 18.0 Å². The van der Waals surface area contributed by atoms with Gasteiger partial charge in [-0.25, -0.2) is 4.98 Å². The van der Waals surface area contributed by atoms with Gasteiger partial charge in [0, 0.05) is 30.7 Å². The van der Waals surface area contributed by atoms with Crippen LogP contribution in [0.25, 0.3) is 0 Å². The first-order valence-electron chi connectivity index (χ1n) is 5.21. The van der Waals surface area contributed by atoms with E-state index in [2.05, 4.69) is 34.5 Å². The highest BCUT2D eigenvalue weighted by Gasteiger charge is 2.07. The third kappa shape index (κ3) is 4.55. The number of hydrogen-bond donors (Lipinski definition) is 2. The summed E-state index contributed by atoms with van der Waals surface area (Å²) in [6.07, 6.45) is 1.87. The van der Waals surface area contributed by atoms with Crippen molar-refractivity contribution in [3.63, 3.8) is 0 Å². The van der Waals surface area contributed by atoms with Crippen LogP contribution in [-0.4, -0.2) is 24.6 Å². The van der Waals surface area contributed by atoms with E-state index in [1.54, 1.807) is 11.3 Å². The highest BCUT2D eigenvalue weighted by molar-refractivity contribution is 7.09. The van der Waals surface area contributed by atoms with Crippen LogP contribution in [0.2, 0.25) is 0 Å². The lowest BCUT2D eigenvalue weighted by molar-refractivity contribution is 0.553. The summed E-state index contributed by atoms with van der Waals surface area (Å²) < 4.78 is 0. The van der Waals surface area contributed by atoms with Gasteiger partial charge in [0.25, 0.3) is 0 Å². The highest BCUT2D eigenvalue weighted by atomic mass is 32.1. The van der Waals surface area contributed by atoms with E-state index in [1.165, 1.54) is 0 Å². The van der Waals surface area contributed by atoms with Crippen LogP contribution in [-0.2, 0) is 0 Å². The van der Waals surface area contributed by atoms with Gasteiger partial charge in [0.1, 0.15) is 5.01 Å². The molecule has 0 aliphatic rings. The van der Waals surface area contributed by atoms with Crippen molar-refractivity contribution in [2.24, 2.45) is 0 Å². The molecule has 1 heterocycles. The van der Waals surface area contributed by atoms with Crippen molar-refractivity contribution in [2.45, 2.75) is 19.9 Å². The molecule has 0 radical (unpaired) electrons. The Morgan fingerprint density at radius 3 is 3.00 bits per heavy atom. The van der Waals surface area contributed by atoms with Crippen molar-refractivity contribution >= 4 is 11.3 Å². The van der Waals surface area contributed by atoms with Crippen LogP contribution in [0.3, 0.4) is 0 Å². The number of aryl methyl sites for hydroxylation is 1. The summed E-state index contributed by atoms with van der Waals surface area (Å²) in [5.41, 5.74) is 1.11. The predicted molar refractivity (Wildman–Crippen MR) is 66.3 cm³/mol. The quantitative estimate of drug-likeness (QED) is 0.549. The normalized spacial score (nSPS) is 12.7. The Balaban J connectivity index is 2.18. The van der Waals surface area contributed by atoms with E-state index in [4.69, 9.17) is 0 Å². The summed E-state index contributed by atoms with van der Waals surface area (Å²) in [6, 6.07) is 0.342. The summed E-state index contributed by atoms with van der Waals surface area (Å²) in [5.74, 6) is 0. The number of thiazole rings is 1. The Morgan fingerprint density at radius 2 is 2.40 bits per heavy atom. The monoisotopic (exact) mass is 225 g/mol. The van der Waals surface area contributed by atoms with Gasteiger partial charge in [0.05, 0.1) is 6.04 Å². The summed E-state index contributed by atoms with van der Waals surface area (Å²) in [4.78, 5) is 4.45. The smallest absolute Gasteiger partial charge is 0.110 e. The van der Waals surface area contributed by atoms with E-state index in [0.717, 1.165) is 30.3 Å². The molecule has 0 spiro atoms. The molecule has 3 nitrogen and oxygen atoms in total. The molecule has 0 saturated heterocycles. The zero-order chi connectivity index (χ0) is 11.1. The fraction of sp³-hybridized carbons (Fsp3) is 0.545. The summed E-state index contributed by atoms with van der Waals surface area (Å²) in [6.45, 7) is 10.6. The molecule has 4 heteroatoms. The van der Waals surface area contributed by atoms with Gasteiger partial charge in [-0.3, -0.25) is 0 Å². The second-order valence-electron chi connectivity index (χ2n) is 3.50. The topological polar surface area (TPSA) is 37.0 Å². The molecular weight excluding hydrogens is 206 g/mol. The number of hydrogen-bond acceptors (Lipinski definition) is 4. The van der Waals surface area contributed by atoms with Crippen LogP contribution in [0.1, 0.15) is 23.7 Å². The van der Waals surface area contributed by atoms with Gasteiger partial charge in [-0.2, -0.15) is 0 Å². The molecule has 1 aromatic heterocycles. The number of nitrogens with one attached hydrogen (secondary N) is 2. The van der Waals surface area contributed by atoms with Crippen molar-refractivity contribution < 1.29 is 0 Å². The third-order valence-corrected chi connectivity index (χ3v) is 3.19. The summed E-state index contributed by atoms with van der Waals surface area (Å²) in [7, 11) is 0. The van der Waals surface area contributed by atoms with Gasteiger partial charge in [-0.1, -0.05) is 6.08 Å². The van der Waals surface area contributed by atoms with Crippen LogP contribution in [0.4, 0.5) is 0 Å². The summed E-state index contributed by atoms with van der Waals surface area (Å²) in [5, 5.41) is 9.92. The van der Waals surface area contributed by atoms with Crippen molar-refractivity contribution in [1.82, 2.24) is 15.6 Å². The van der Waals surface area contributed by atoms with Crippen LogP contribution < -0.4 is 10.6 Å². The Kier molecular flexibility index (Phi) is 5.53. The van der Waals surface area contributed by atoms with E-state index < -0.39 is 0 Å². The van der Waals surface area contributed by atoms with Crippen LogP contribution >= 0.6 is 11.3 Å². The minimum absolute atomic E-state index is 0.342. The highest BCUT2D eigenvalue weighted by Crippen LogP contribution is 2.16. The molecule has 1 unspecified atom stereocenters. The Bertz CT molecular complexity index is 296. The van der Waals surface area contributed by atoms with Gasteiger partial charge in [0.15, 0.2) is 0 Å². The molecule has 1 rings (SSSR count). The average Bonchev–Trinajstić information content (AvgIpc) is 2.64. The lowest BCUT2D eigenvalue weighted by Gasteiger charge is -2.10. The first-order chi connectivity index (χ1) is 7.24. The summed E-state index contributed by atoms with van der Waals surface area (Å²) >= 11 is 1.72. The predicted octanol–water partition coefficient (Wildman–Crippen LogP) is 1.88. The van der Waals surface area contributed by atoms with E-state index in [1.807, 2.05) is 13.0 Å². The average molecular weight is 225 g/mol. The van der Waals surface area contributed by atoms with Crippen molar-refractivity contribution in [1.29, 1.82) is 0 Å². The fourth-order valence-corrected chi connectivity index (χ4v) is 2.07. The van der Waals surface area contributed by atoms with Crippen LogP contribution in [0.5, 0.6) is 0 Å². The molecule has 1 atom stereocenters. The molecule has 0 fully saturated rings. The largest absolute Gasteiger partial charge is 0.312 e. The van der Waals surface area contributed by atoms with Gasteiger partial charge >= 0.3 is 0 Å². The SMILES string of the molecule is C=CCNCCNC(C)c1nc(C)cs1. The molecule has 0 aliphatic heterocycles. The third-order valence-electron chi connectivity index (χ3n) is 2.05. The molecule has 0 bridgehead atoms. The van der Waals surface area contributed by atoms with Crippen molar-refractivity contribution in [3.05, 3.63) is 28.7 Å². The molecule has 2 N–H and O–H groups in total. The number of rotatable bonds is 7. The minimum atomic E-state index is 0.342. The standard InChI is InChI=1S/C11H19N3S/c1-4-5-12-6-7-13-10(3)11-14-9(2)8-15-11/h4,8,10,12-13H,1,5-7H2,2-3H3. The Labute approximate surface area is 95.6 Å². The maximum absolute atomic E-state index is 4.45. The molecule has 84 valence electrons. The van der Waals surface area contributed by atoms with Crippen molar-refractivity contribution in [2.75, 3.05) is 19.6 Å². The minimum Gasteiger partial charge on any atom is -0.312 e. The fourth-order valence-electron chi connectivity index (χ4n) is 1.24. The lowest BCUT2D eigenvalue weighted by atomic mass is 10.3. The maximum atomic E-state index is 4.45. The zero-order valence-electron chi connectivity index (χ0n) is 9.42.